The van der Waals surface area contributed by atoms with Crippen molar-refractivity contribution in [1.29, 1.82) is 0 Å². The lowest BCUT2D eigenvalue weighted by molar-refractivity contribution is -0.120. The van der Waals surface area contributed by atoms with E-state index in [0.717, 1.165) is 75.6 Å². The molecular weight excluding hydrogens is 551 g/mol. The predicted octanol–water partition coefficient (Wildman–Crippen LogP) is 5.21. The van der Waals surface area contributed by atoms with Crippen LogP contribution in [-0.2, 0) is 29.1 Å². The molecule has 1 atom stereocenters. The van der Waals surface area contributed by atoms with Gasteiger partial charge in [-0.2, -0.15) is 0 Å². The second-order valence-corrected chi connectivity index (χ2v) is 12.4. The van der Waals surface area contributed by atoms with Gasteiger partial charge in [0.1, 0.15) is 11.2 Å². The summed E-state index contributed by atoms with van der Waals surface area (Å²) in [6.45, 7) is 2.03. The zero-order chi connectivity index (χ0) is 28.5. The highest BCUT2D eigenvalue weighted by Crippen LogP contribution is 2.36. The molecule has 0 saturated carbocycles. The third kappa shape index (κ3) is 5.76. The van der Waals surface area contributed by atoms with Gasteiger partial charge in [0.2, 0.25) is 5.91 Å². The van der Waals surface area contributed by atoms with E-state index in [1.807, 2.05) is 53.0 Å². The fourth-order valence-electron chi connectivity index (χ4n) is 5.87. The highest BCUT2D eigenvalue weighted by molar-refractivity contribution is 7.88. The smallest absolute Gasteiger partial charge is 0.226 e. The molecule has 4 N–H and O–H groups in total. The van der Waals surface area contributed by atoms with Crippen LogP contribution in [0.2, 0.25) is 0 Å². The van der Waals surface area contributed by atoms with Gasteiger partial charge in [0.05, 0.1) is 6.42 Å². The average molecular weight is 584 g/mol. The highest BCUT2D eigenvalue weighted by Gasteiger charge is 2.27. The van der Waals surface area contributed by atoms with Gasteiger partial charge >= 0.3 is 0 Å². The topological polar surface area (TPSA) is 102 Å². The van der Waals surface area contributed by atoms with Crippen LogP contribution in [0.15, 0.2) is 79.1 Å². The predicted molar refractivity (Wildman–Crippen MR) is 171 cm³/mol. The molecule has 3 aromatic carbocycles. The summed E-state index contributed by atoms with van der Waals surface area (Å²) in [6, 6.07) is 22.8. The number of H-pyrrole nitrogens is 1. The number of amides is 1. The molecule has 2 aromatic heterocycles. The Morgan fingerprint density at radius 1 is 1.10 bits per heavy atom. The molecule has 1 saturated heterocycles. The molecule has 0 radical (unpaired) electrons. The van der Waals surface area contributed by atoms with E-state index in [-0.39, 0.29) is 11.9 Å². The van der Waals surface area contributed by atoms with E-state index in [9.17, 15) is 9.35 Å². The number of fused-ring (bicyclic) bond motifs is 2. The first kappa shape index (κ1) is 27.5. The summed E-state index contributed by atoms with van der Waals surface area (Å²) < 4.78 is 16.4. The Morgan fingerprint density at radius 3 is 2.68 bits per heavy atom. The molecule has 0 bridgehead atoms. The van der Waals surface area contributed by atoms with Gasteiger partial charge in [0, 0.05) is 82.5 Å². The minimum Gasteiger partial charge on any atom is -0.598 e. The van der Waals surface area contributed by atoms with E-state index in [2.05, 4.69) is 45.3 Å². The van der Waals surface area contributed by atoms with Gasteiger partial charge in [-0.05, 0) is 41.5 Å². The number of benzene rings is 3. The van der Waals surface area contributed by atoms with Crippen LogP contribution in [0.1, 0.15) is 35.7 Å². The third-order valence-corrected chi connectivity index (χ3v) is 9.38. The van der Waals surface area contributed by atoms with Crippen molar-refractivity contribution in [2.45, 2.75) is 31.8 Å². The van der Waals surface area contributed by atoms with Crippen LogP contribution in [0, 0.1) is 0 Å². The summed E-state index contributed by atoms with van der Waals surface area (Å²) in [7, 11) is 0. The van der Waals surface area contributed by atoms with Crippen LogP contribution in [-0.4, -0.2) is 48.7 Å². The summed E-state index contributed by atoms with van der Waals surface area (Å²) in [5.74, 6) is -0.0247. The van der Waals surface area contributed by atoms with Crippen LogP contribution in [0.4, 0.5) is 0 Å². The van der Waals surface area contributed by atoms with Crippen molar-refractivity contribution in [2.75, 3.05) is 19.3 Å². The number of hydrogen-bond donors (Lipinski definition) is 3. The number of aromatic nitrogens is 2. The third-order valence-electron chi connectivity index (χ3n) is 8.05. The Kier molecular flexibility index (Phi) is 7.86. The number of thiocarbonyl (C=S) groups is 1. The first-order valence-electron chi connectivity index (χ1n) is 13.8. The van der Waals surface area contributed by atoms with Gasteiger partial charge in [-0.15, -0.1) is 4.31 Å². The van der Waals surface area contributed by atoms with Gasteiger partial charge in [-0.3, -0.25) is 4.79 Å². The molecule has 1 amide bonds. The van der Waals surface area contributed by atoms with Crippen molar-refractivity contribution in [1.82, 2.24) is 19.2 Å². The Balaban J connectivity index is 1.28. The van der Waals surface area contributed by atoms with Gasteiger partial charge in [0.25, 0.3) is 0 Å². The van der Waals surface area contributed by atoms with E-state index in [1.165, 1.54) is 0 Å². The van der Waals surface area contributed by atoms with E-state index < -0.39 is 11.4 Å². The number of rotatable bonds is 8. The summed E-state index contributed by atoms with van der Waals surface area (Å²) in [5, 5.41) is 6.42. The lowest BCUT2D eigenvalue weighted by Crippen LogP contribution is -2.38. The SMILES string of the molecule is C[S+]([O-])N1CCC(n2cc(-c3cccc(C(N)=S)c3)c3ccc(CNC(=O)Cc4[nH]cc5ccccc45)cc32)CC1. The normalized spacial score (nSPS) is 15.4. The van der Waals surface area contributed by atoms with Crippen molar-refractivity contribution in [3.05, 3.63) is 95.9 Å². The maximum atomic E-state index is 12.9. The van der Waals surface area contributed by atoms with Gasteiger partial charge < -0.3 is 25.2 Å². The van der Waals surface area contributed by atoms with Crippen LogP contribution in [0.3, 0.4) is 0 Å². The number of hydrogen-bond acceptors (Lipinski definition) is 4. The molecule has 5 aromatic rings. The number of carbonyl (C=O) groups excluding carboxylic acids is 1. The zero-order valence-electron chi connectivity index (χ0n) is 22.9. The van der Waals surface area contributed by atoms with Crippen LogP contribution in [0.5, 0.6) is 0 Å². The molecule has 210 valence electrons. The van der Waals surface area contributed by atoms with E-state index in [0.29, 0.717) is 18.0 Å². The number of nitrogens with zero attached hydrogens (tertiary/aromatic N) is 2. The van der Waals surface area contributed by atoms with E-state index in [1.54, 1.807) is 6.26 Å². The Hall–Kier alpha value is -3.63. The van der Waals surface area contributed by atoms with Crippen molar-refractivity contribution in [2.24, 2.45) is 5.73 Å². The Morgan fingerprint density at radius 2 is 1.90 bits per heavy atom. The molecule has 9 heteroatoms. The summed E-state index contributed by atoms with van der Waals surface area (Å²) in [6.07, 6.45) is 8.05. The quantitative estimate of drug-likeness (QED) is 0.172. The molecule has 6 rings (SSSR count). The monoisotopic (exact) mass is 583 g/mol. The fraction of sp³-hybridized carbons (Fsp3) is 0.250. The Labute approximate surface area is 248 Å². The Bertz CT molecular complexity index is 1730. The summed E-state index contributed by atoms with van der Waals surface area (Å²) in [4.78, 5) is 16.5. The lowest BCUT2D eigenvalue weighted by Gasteiger charge is -2.31. The zero-order valence-corrected chi connectivity index (χ0v) is 24.6. The van der Waals surface area contributed by atoms with Crippen molar-refractivity contribution >= 4 is 56.2 Å². The maximum absolute atomic E-state index is 12.9. The van der Waals surface area contributed by atoms with Crippen molar-refractivity contribution in [3.63, 3.8) is 0 Å². The molecule has 41 heavy (non-hydrogen) atoms. The molecule has 3 heterocycles. The summed E-state index contributed by atoms with van der Waals surface area (Å²) in [5.41, 5.74) is 12.0. The number of nitrogens with one attached hydrogen (secondary N) is 2. The molecule has 1 unspecified atom stereocenters. The molecule has 1 fully saturated rings. The van der Waals surface area contributed by atoms with E-state index in [4.69, 9.17) is 18.0 Å². The van der Waals surface area contributed by atoms with Crippen molar-refractivity contribution < 1.29 is 9.35 Å². The number of aromatic amines is 1. The molecule has 1 aliphatic heterocycles. The standard InChI is InChI=1S/C32H33N5O2S2/c1-41(39)36-13-11-25(12-14-36)37-20-28(22-6-4-7-23(16-22)32(33)40)27-10-9-21(15-30(27)37)18-35-31(38)17-29-26-8-3-2-5-24(26)19-34-29/h2-10,15-16,19-20,25,34H,11-14,17-18H2,1H3,(H2,33,40)(H,35,38). The maximum Gasteiger partial charge on any atom is 0.226 e. The highest BCUT2D eigenvalue weighted by atomic mass is 32.2. The van der Waals surface area contributed by atoms with E-state index >= 15 is 0 Å². The first-order chi connectivity index (χ1) is 19.9. The fourth-order valence-corrected chi connectivity index (χ4v) is 6.72. The summed E-state index contributed by atoms with van der Waals surface area (Å²) >= 11 is 4.28. The van der Waals surface area contributed by atoms with Crippen LogP contribution >= 0.6 is 12.2 Å². The van der Waals surface area contributed by atoms with Gasteiger partial charge in [-0.1, -0.05) is 66.8 Å². The molecule has 1 aliphatic rings. The second kappa shape index (κ2) is 11.7. The number of piperidine rings is 1. The first-order valence-corrected chi connectivity index (χ1v) is 15.7. The molecule has 0 aliphatic carbocycles. The number of nitrogens with two attached hydrogens (primary N) is 1. The molecular formula is C32H33N5O2S2. The van der Waals surface area contributed by atoms with Crippen molar-refractivity contribution in [3.8, 4) is 11.1 Å². The minimum absolute atomic E-state index is 0.0247. The van der Waals surface area contributed by atoms with Gasteiger partial charge in [0.15, 0.2) is 0 Å². The average Bonchev–Trinajstić information content (AvgIpc) is 3.57. The van der Waals surface area contributed by atoms with Gasteiger partial charge in [-0.25, -0.2) is 0 Å². The molecule has 7 nitrogen and oxygen atoms in total. The minimum atomic E-state index is -0.956. The largest absolute Gasteiger partial charge is 0.598 e. The van der Waals surface area contributed by atoms with Crippen LogP contribution in [0.25, 0.3) is 32.8 Å². The van der Waals surface area contributed by atoms with Crippen LogP contribution < -0.4 is 11.1 Å². The molecule has 0 spiro atoms. The number of carbonyl (C=O) groups is 1. The lowest BCUT2D eigenvalue weighted by atomic mass is 10.0. The second-order valence-electron chi connectivity index (χ2n) is 10.6.